The van der Waals surface area contributed by atoms with E-state index in [-0.39, 0.29) is 11.5 Å². The lowest BCUT2D eigenvalue weighted by molar-refractivity contribution is 0.0947. The first-order valence-corrected chi connectivity index (χ1v) is 13.2. The molecule has 9 nitrogen and oxygen atoms in total. The molecule has 0 radical (unpaired) electrons. The van der Waals surface area contributed by atoms with Crippen LogP contribution >= 0.6 is 0 Å². The summed E-state index contributed by atoms with van der Waals surface area (Å²) in [6.45, 7) is 2.92. The van der Waals surface area contributed by atoms with E-state index in [4.69, 9.17) is 0 Å². The zero-order chi connectivity index (χ0) is 28.8. The molecule has 1 aromatic heterocycles. The fraction of sp³-hybridized carbons (Fsp3) is 0.125. The van der Waals surface area contributed by atoms with Crippen LogP contribution < -0.4 is 10.9 Å². The average Bonchev–Trinajstić information content (AvgIpc) is 3.30. The molecule has 0 fully saturated rings. The number of hydrogen-bond acceptors (Lipinski definition) is 6. The first-order chi connectivity index (χ1) is 20.0. The topological polar surface area (TPSA) is 128 Å². The number of aryl methyl sites for hydroxylation is 1. The molecule has 2 amide bonds. The number of carbonyl (C=O) groups is 2. The molecule has 9 heteroatoms. The molecule has 206 valence electrons. The van der Waals surface area contributed by atoms with Crippen molar-refractivity contribution in [1.82, 2.24) is 15.4 Å². The molecule has 1 heterocycles. The Balaban J connectivity index is 1.44. The molecule has 5 rings (SSSR count). The van der Waals surface area contributed by atoms with Gasteiger partial charge < -0.3 is 14.8 Å². The van der Waals surface area contributed by atoms with Crippen molar-refractivity contribution in [2.24, 2.45) is 10.2 Å². The Morgan fingerprint density at radius 1 is 0.732 bits per heavy atom. The quantitative estimate of drug-likeness (QED) is 0.143. The number of aromatic hydroxyl groups is 2. The van der Waals surface area contributed by atoms with Crippen molar-refractivity contribution in [2.75, 3.05) is 0 Å². The van der Waals surface area contributed by atoms with E-state index in [1.807, 2.05) is 12.1 Å². The van der Waals surface area contributed by atoms with Crippen LogP contribution in [0.25, 0.3) is 21.8 Å². The van der Waals surface area contributed by atoms with E-state index in [1.54, 1.807) is 72.8 Å². The Labute approximate surface area is 236 Å². The monoisotopic (exact) mass is 547 g/mol. The molecule has 4 N–H and O–H groups in total. The lowest BCUT2D eigenvalue weighted by Gasteiger charge is -2.07. The van der Waals surface area contributed by atoms with Crippen molar-refractivity contribution >= 4 is 46.0 Å². The maximum atomic E-state index is 12.9. The number of phenolic OH excluding ortho intramolecular Hbond substituents is 2. The molecule has 4 aromatic carbocycles. The number of hydrazone groups is 2. The maximum Gasteiger partial charge on any atom is 0.271 e. The standard InChI is InChI=1S/C32H29N5O4/c1-2-3-16-37-27-14-12-21(31(40)35-33-19-23-8-4-6-10-29(23)38)17-25(27)26-18-22(13-15-28(26)37)32(41)36-34-20-24-9-5-7-11-30(24)39/h4-15,17-20,38-39H,2-3,16H2,1H3,(H,35,40)(H,36,41)/b33-19+,34-20+. The second kappa shape index (κ2) is 12.2. The third-order valence-corrected chi connectivity index (χ3v) is 6.74. The number of para-hydroxylation sites is 2. The zero-order valence-corrected chi connectivity index (χ0v) is 22.4. The lowest BCUT2D eigenvalue weighted by atomic mass is 10.1. The SMILES string of the molecule is CCCCn1c2ccc(C(=O)N/N=C/c3ccccc3O)cc2c2cc(C(=O)N/N=C/c3ccccc3O)ccc21. The largest absolute Gasteiger partial charge is 0.507 e. The maximum absolute atomic E-state index is 12.9. The summed E-state index contributed by atoms with van der Waals surface area (Å²) in [6, 6.07) is 24.3. The van der Waals surface area contributed by atoms with Gasteiger partial charge in [-0.2, -0.15) is 10.2 Å². The molecule has 0 aliphatic rings. The molecule has 0 saturated carbocycles. The predicted molar refractivity (Wildman–Crippen MR) is 161 cm³/mol. The van der Waals surface area contributed by atoms with Gasteiger partial charge in [0.15, 0.2) is 0 Å². The van der Waals surface area contributed by atoms with E-state index >= 15 is 0 Å². The number of phenols is 2. The zero-order valence-electron chi connectivity index (χ0n) is 22.4. The number of rotatable bonds is 9. The molecule has 0 aliphatic carbocycles. The van der Waals surface area contributed by atoms with Gasteiger partial charge in [0.05, 0.1) is 12.4 Å². The van der Waals surface area contributed by atoms with Crippen LogP contribution in [0.3, 0.4) is 0 Å². The summed E-state index contributed by atoms with van der Waals surface area (Å²) >= 11 is 0. The Hall–Kier alpha value is -5.44. The molecule has 0 bridgehead atoms. The number of amides is 2. The Morgan fingerprint density at radius 3 is 1.63 bits per heavy atom. The minimum Gasteiger partial charge on any atom is -0.507 e. The predicted octanol–water partition coefficient (Wildman–Crippen LogP) is 5.53. The molecule has 0 saturated heterocycles. The number of aromatic nitrogens is 1. The van der Waals surface area contributed by atoms with Crippen LogP contribution in [0.1, 0.15) is 51.6 Å². The summed E-state index contributed by atoms with van der Waals surface area (Å²) in [5.74, 6) is -0.674. The summed E-state index contributed by atoms with van der Waals surface area (Å²) in [5, 5.41) is 29.4. The van der Waals surface area contributed by atoms with Gasteiger partial charge in [0.25, 0.3) is 11.8 Å². The molecule has 0 spiro atoms. The van der Waals surface area contributed by atoms with Gasteiger partial charge in [-0.05, 0) is 67.1 Å². The highest BCUT2D eigenvalue weighted by molar-refractivity contribution is 6.12. The first-order valence-electron chi connectivity index (χ1n) is 13.2. The van der Waals surface area contributed by atoms with Crippen LogP contribution in [0.15, 0.2) is 95.1 Å². The normalized spacial score (nSPS) is 11.5. The van der Waals surface area contributed by atoms with E-state index < -0.39 is 11.8 Å². The van der Waals surface area contributed by atoms with Crippen molar-refractivity contribution in [3.05, 3.63) is 107 Å². The third-order valence-electron chi connectivity index (χ3n) is 6.74. The van der Waals surface area contributed by atoms with Gasteiger partial charge in [0.1, 0.15) is 11.5 Å². The highest BCUT2D eigenvalue weighted by Gasteiger charge is 2.16. The number of hydrogen-bond donors (Lipinski definition) is 4. The third kappa shape index (κ3) is 5.94. The molecule has 0 atom stereocenters. The number of nitrogens with zero attached hydrogens (tertiary/aromatic N) is 3. The van der Waals surface area contributed by atoms with Gasteiger partial charge in [-0.1, -0.05) is 37.6 Å². The van der Waals surface area contributed by atoms with E-state index in [0.717, 1.165) is 41.2 Å². The minimum atomic E-state index is -0.402. The van der Waals surface area contributed by atoms with E-state index in [1.165, 1.54) is 12.4 Å². The fourth-order valence-corrected chi connectivity index (χ4v) is 4.59. The Bertz CT molecular complexity index is 1680. The second-order valence-corrected chi connectivity index (χ2v) is 9.48. The number of carbonyl (C=O) groups excluding carboxylic acids is 2. The molecular formula is C32H29N5O4. The minimum absolute atomic E-state index is 0.0653. The van der Waals surface area contributed by atoms with Crippen molar-refractivity contribution in [3.63, 3.8) is 0 Å². The number of unbranched alkanes of at least 4 members (excludes halogenated alkanes) is 1. The summed E-state index contributed by atoms with van der Waals surface area (Å²) in [7, 11) is 0. The smallest absolute Gasteiger partial charge is 0.271 e. The van der Waals surface area contributed by atoms with Crippen LogP contribution in [0, 0.1) is 0 Å². The highest BCUT2D eigenvalue weighted by Crippen LogP contribution is 2.31. The second-order valence-electron chi connectivity index (χ2n) is 9.48. The summed E-state index contributed by atoms with van der Waals surface area (Å²) in [5.41, 5.74) is 8.72. The molecular weight excluding hydrogens is 518 g/mol. The van der Waals surface area contributed by atoms with E-state index in [0.29, 0.717) is 22.3 Å². The first kappa shape index (κ1) is 27.1. The van der Waals surface area contributed by atoms with Gasteiger partial charge in [0, 0.05) is 50.6 Å². The van der Waals surface area contributed by atoms with Crippen molar-refractivity contribution in [1.29, 1.82) is 0 Å². The molecule has 0 aliphatic heterocycles. The molecule has 0 unspecified atom stereocenters. The van der Waals surface area contributed by atoms with Crippen molar-refractivity contribution in [2.45, 2.75) is 26.3 Å². The number of nitrogens with one attached hydrogen (secondary N) is 2. The van der Waals surface area contributed by atoms with E-state index in [9.17, 15) is 19.8 Å². The van der Waals surface area contributed by atoms with Gasteiger partial charge in [0.2, 0.25) is 0 Å². The Kier molecular flexibility index (Phi) is 8.05. The lowest BCUT2D eigenvalue weighted by Crippen LogP contribution is -2.17. The molecule has 5 aromatic rings. The van der Waals surface area contributed by atoms with Crippen LogP contribution in [-0.4, -0.2) is 39.0 Å². The Morgan fingerprint density at radius 2 is 1.20 bits per heavy atom. The van der Waals surface area contributed by atoms with Gasteiger partial charge in [-0.25, -0.2) is 10.9 Å². The summed E-state index contributed by atoms with van der Waals surface area (Å²) in [4.78, 5) is 25.8. The number of fused-ring (bicyclic) bond motifs is 3. The van der Waals surface area contributed by atoms with Crippen molar-refractivity contribution < 1.29 is 19.8 Å². The number of benzene rings is 4. The fourth-order valence-electron chi connectivity index (χ4n) is 4.59. The van der Waals surface area contributed by atoms with Crippen LogP contribution in [0.4, 0.5) is 0 Å². The van der Waals surface area contributed by atoms with Crippen molar-refractivity contribution in [3.8, 4) is 11.5 Å². The van der Waals surface area contributed by atoms with E-state index in [2.05, 4.69) is 32.5 Å². The highest BCUT2D eigenvalue weighted by atomic mass is 16.3. The van der Waals surface area contributed by atoms with Crippen LogP contribution in [0.2, 0.25) is 0 Å². The van der Waals surface area contributed by atoms with Crippen LogP contribution in [0.5, 0.6) is 11.5 Å². The van der Waals surface area contributed by atoms with Gasteiger partial charge in [-0.15, -0.1) is 0 Å². The summed E-state index contributed by atoms with van der Waals surface area (Å²) in [6.07, 6.45) is 4.77. The summed E-state index contributed by atoms with van der Waals surface area (Å²) < 4.78 is 2.20. The van der Waals surface area contributed by atoms with Gasteiger partial charge >= 0.3 is 0 Å². The average molecular weight is 548 g/mol. The van der Waals surface area contributed by atoms with Crippen LogP contribution in [-0.2, 0) is 6.54 Å². The van der Waals surface area contributed by atoms with Gasteiger partial charge in [-0.3, -0.25) is 9.59 Å². The molecule has 41 heavy (non-hydrogen) atoms.